The van der Waals surface area contributed by atoms with Gasteiger partial charge in [-0.2, -0.15) is 10.4 Å². The van der Waals surface area contributed by atoms with Crippen LogP contribution in [0.2, 0.25) is 0 Å². The van der Waals surface area contributed by atoms with Crippen molar-refractivity contribution in [1.29, 1.82) is 5.26 Å². The van der Waals surface area contributed by atoms with Gasteiger partial charge in [-0.05, 0) is 47.9 Å². The first-order valence-electron chi connectivity index (χ1n) is 8.21. The third kappa shape index (κ3) is 5.87. The summed E-state index contributed by atoms with van der Waals surface area (Å²) >= 11 is 0. The summed E-state index contributed by atoms with van der Waals surface area (Å²) in [5, 5.41) is 15.4. The maximum Gasteiger partial charge on any atom is 0.271 e. The molecule has 0 aliphatic carbocycles. The fraction of sp³-hybridized carbons (Fsp3) is 0.200. The maximum absolute atomic E-state index is 12.1. The Morgan fingerprint density at radius 3 is 2.35 bits per heavy atom. The number of nitrogens with zero attached hydrogens (tertiary/aromatic N) is 2. The number of anilines is 1. The smallest absolute Gasteiger partial charge is 0.271 e. The van der Waals surface area contributed by atoms with Gasteiger partial charge in [-0.3, -0.25) is 9.59 Å². The number of nitrogens with one attached hydrogen (secondary N) is 2. The Balaban J connectivity index is 1.90. The summed E-state index contributed by atoms with van der Waals surface area (Å²) < 4.78 is 0. The Bertz CT molecular complexity index is 832. The molecule has 0 spiro atoms. The summed E-state index contributed by atoms with van der Waals surface area (Å²) in [4.78, 5) is 23.8. The van der Waals surface area contributed by atoms with Crippen molar-refractivity contribution >= 4 is 23.7 Å². The Hall–Kier alpha value is -3.46. The van der Waals surface area contributed by atoms with E-state index in [4.69, 9.17) is 5.26 Å². The molecule has 26 heavy (non-hydrogen) atoms. The lowest BCUT2D eigenvalue weighted by molar-refractivity contribution is -0.116. The number of rotatable bonds is 6. The second-order valence-corrected chi connectivity index (χ2v) is 6.16. The maximum atomic E-state index is 12.1. The quantitative estimate of drug-likeness (QED) is 0.619. The second-order valence-electron chi connectivity index (χ2n) is 6.16. The number of hydrogen-bond acceptors (Lipinski definition) is 4. The minimum atomic E-state index is -0.352. The van der Waals surface area contributed by atoms with Crippen LogP contribution in [0.3, 0.4) is 0 Å². The van der Waals surface area contributed by atoms with Gasteiger partial charge in [0.15, 0.2) is 0 Å². The molecule has 2 N–H and O–H groups in total. The lowest BCUT2D eigenvalue weighted by Crippen LogP contribution is -2.18. The Morgan fingerprint density at radius 1 is 1.12 bits per heavy atom. The minimum Gasteiger partial charge on any atom is -0.326 e. The van der Waals surface area contributed by atoms with Crippen LogP contribution in [-0.4, -0.2) is 18.0 Å². The molecule has 0 aromatic heterocycles. The van der Waals surface area contributed by atoms with Gasteiger partial charge in [0.25, 0.3) is 5.91 Å². The highest BCUT2D eigenvalue weighted by atomic mass is 16.2. The molecule has 0 bridgehead atoms. The number of hydrazone groups is 1. The van der Waals surface area contributed by atoms with Gasteiger partial charge in [0.1, 0.15) is 0 Å². The SMILES string of the molecule is CC(C)CC(=O)Nc1ccc(C(=O)NN=Cc2ccc(C#N)cc2)cc1. The van der Waals surface area contributed by atoms with E-state index in [0.29, 0.717) is 23.2 Å². The molecule has 0 heterocycles. The fourth-order valence-corrected chi connectivity index (χ4v) is 2.16. The van der Waals surface area contributed by atoms with E-state index in [0.717, 1.165) is 5.56 Å². The first kappa shape index (κ1) is 18.9. The van der Waals surface area contributed by atoms with E-state index >= 15 is 0 Å². The van der Waals surface area contributed by atoms with Crippen molar-refractivity contribution in [1.82, 2.24) is 5.43 Å². The third-order valence-corrected chi connectivity index (χ3v) is 3.44. The molecule has 2 rings (SSSR count). The predicted octanol–water partition coefficient (Wildman–Crippen LogP) is 3.31. The number of carbonyl (C=O) groups excluding carboxylic acids is 2. The van der Waals surface area contributed by atoms with Crippen LogP contribution in [0.15, 0.2) is 53.6 Å². The van der Waals surface area contributed by atoms with Crippen molar-refractivity contribution in [3.05, 3.63) is 65.2 Å². The number of hydrogen-bond donors (Lipinski definition) is 2. The van der Waals surface area contributed by atoms with Crippen molar-refractivity contribution in [2.45, 2.75) is 20.3 Å². The van der Waals surface area contributed by atoms with Gasteiger partial charge in [-0.1, -0.05) is 26.0 Å². The zero-order valence-corrected chi connectivity index (χ0v) is 14.7. The second kappa shape index (κ2) is 9.14. The zero-order chi connectivity index (χ0) is 18.9. The summed E-state index contributed by atoms with van der Waals surface area (Å²) in [7, 11) is 0. The van der Waals surface area contributed by atoms with Crippen molar-refractivity contribution < 1.29 is 9.59 Å². The Labute approximate surface area is 152 Å². The average Bonchev–Trinajstić information content (AvgIpc) is 2.62. The van der Waals surface area contributed by atoms with Gasteiger partial charge < -0.3 is 5.32 Å². The first-order valence-corrected chi connectivity index (χ1v) is 8.21. The van der Waals surface area contributed by atoms with Crippen molar-refractivity contribution in [3.8, 4) is 6.07 Å². The van der Waals surface area contributed by atoms with E-state index in [1.165, 1.54) is 6.21 Å². The molecule has 132 valence electrons. The van der Waals surface area contributed by atoms with Gasteiger partial charge in [0, 0.05) is 17.7 Å². The highest BCUT2D eigenvalue weighted by molar-refractivity contribution is 5.96. The summed E-state index contributed by atoms with van der Waals surface area (Å²) in [6.07, 6.45) is 1.95. The molecular formula is C20H20N4O2. The highest BCUT2D eigenvalue weighted by Gasteiger charge is 2.07. The molecule has 0 aliphatic heterocycles. The van der Waals surface area contributed by atoms with E-state index in [1.54, 1.807) is 48.5 Å². The van der Waals surface area contributed by atoms with Gasteiger partial charge in [0.05, 0.1) is 17.8 Å². The van der Waals surface area contributed by atoms with Crippen molar-refractivity contribution in [2.75, 3.05) is 5.32 Å². The van der Waals surface area contributed by atoms with E-state index in [9.17, 15) is 9.59 Å². The Kier molecular flexibility index (Phi) is 6.63. The molecule has 6 heteroatoms. The number of benzene rings is 2. The Morgan fingerprint density at radius 2 is 1.77 bits per heavy atom. The summed E-state index contributed by atoms with van der Waals surface area (Å²) in [6, 6.07) is 15.5. The van der Waals surface area contributed by atoms with E-state index in [2.05, 4.69) is 15.8 Å². The standard InChI is InChI=1S/C20H20N4O2/c1-14(2)11-19(25)23-18-9-7-17(8-10-18)20(26)24-22-13-16-5-3-15(12-21)4-6-16/h3-10,13-14H,11H2,1-2H3,(H,23,25)(H,24,26). The van der Waals surface area contributed by atoms with Crippen molar-refractivity contribution in [3.63, 3.8) is 0 Å². The van der Waals surface area contributed by atoms with Gasteiger partial charge in [-0.15, -0.1) is 0 Å². The summed E-state index contributed by atoms with van der Waals surface area (Å²) in [6.45, 7) is 3.96. The highest BCUT2D eigenvalue weighted by Crippen LogP contribution is 2.11. The summed E-state index contributed by atoms with van der Waals surface area (Å²) in [5.41, 5.74) is 4.85. The van der Waals surface area contributed by atoms with Gasteiger partial charge in [-0.25, -0.2) is 5.43 Å². The van der Waals surface area contributed by atoms with Crippen LogP contribution in [0.5, 0.6) is 0 Å². The topological polar surface area (TPSA) is 94.3 Å². The fourth-order valence-electron chi connectivity index (χ4n) is 2.16. The van der Waals surface area contributed by atoms with Gasteiger partial charge >= 0.3 is 0 Å². The molecular weight excluding hydrogens is 328 g/mol. The molecule has 2 aromatic carbocycles. The number of nitriles is 1. The van der Waals surface area contributed by atoms with Crippen LogP contribution < -0.4 is 10.7 Å². The predicted molar refractivity (Wildman–Crippen MR) is 101 cm³/mol. The van der Waals surface area contributed by atoms with E-state index in [1.807, 2.05) is 19.9 Å². The monoisotopic (exact) mass is 348 g/mol. The summed E-state index contributed by atoms with van der Waals surface area (Å²) in [5.74, 6) is -0.117. The number of amides is 2. The normalized spacial score (nSPS) is 10.5. The molecule has 0 radical (unpaired) electrons. The molecule has 0 saturated heterocycles. The van der Waals surface area contributed by atoms with E-state index < -0.39 is 0 Å². The van der Waals surface area contributed by atoms with Crippen LogP contribution in [0.25, 0.3) is 0 Å². The average molecular weight is 348 g/mol. The largest absolute Gasteiger partial charge is 0.326 e. The molecule has 2 aromatic rings. The molecule has 0 unspecified atom stereocenters. The molecule has 0 saturated carbocycles. The lowest BCUT2D eigenvalue weighted by atomic mass is 10.1. The minimum absolute atomic E-state index is 0.0516. The van der Waals surface area contributed by atoms with Crippen molar-refractivity contribution in [2.24, 2.45) is 11.0 Å². The first-order chi connectivity index (χ1) is 12.5. The molecule has 0 aliphatic rings. The van der Waals surface area contributed by atoms with Crippen LogP contribution >= 0.6 is 0 Å². The number of carbonyl (C=O) groups is 2. The molecule has 0 atom stereocenters. The van der Waals surface area contributed by atoms with Crippen LogP contribution in [0.4, 0.5) is 5.69 Å². The lowest BCUT2D eigenvalue weighted by Gasteiger charge is -2.07. The molecule has 2 amide bonds. The third-order valence-electron chi connectivity index (χ3n) is 3.44. The van der Waals surface area contributed by atoms with Crippen LogP contribution in [0.1, 0.15) is 41.8 Å². The van der Waals surface area contributed by atoms with Crippen LogP contribution in [0, 0.1) is 17.2 Å². The molecule has 0 fully saturated rings. The molecule has 6 nitrogen and oxygen atoms in total. The van der Waals surface area contributed by atoms with Gasteiger partial charge in [0.2, 0.25) is 5.91 Å². The zero-order valence-electron chi connectivity index (χ0n) is 14.7. The van der Waals surface area contributed by atoms with E-state index in [-0.39, 0.29) is 17.7 Å². The van der Waals surface area contributed by atoms with Crippen LogP contribution in [-0.2, 0) is 4.79 Å².